The number of rotatable bonds is 1. The Morgan fingerprint density at radius 1 is 1.46 bits per heavy atom. The maximum Gasteiger partial charge on any atom is 0.264 e. The number of aromatic amines is 1. The van der Waals surface area contributed by atoms with Crippen molar-refractivity contribution in [1.29, 1.82) is 0 Å². The molecule has 0 bridgehead atoms. The van der Waals surface area contributed by atoms with Crippen LogP contribution in [0.1, 0.15) is 5.69 Å². The minimum Gasteiger partial charge on any atom is -0.268 e. The molecular formula is C9H9N3O. The number of aryl methyl sites for hydroxylation is 1. The second-order valence-corrected chi connectivity index (χ2v) is 2.82. The van der Waals surface area contributed by atoms with E-state index in [1.807, 2.05) is 19.1 Å². The van der Waals surface area contributed by atoms with E-state index in [1.165, 1.54) is 6.07 Å². The standard InChI is InChI=1S/C9H9N3O/c1-7-6-8(2-4-10-7)12-5-3-9(13)11-12/h2-6H,1H3,(H,11,13). The van der Waals surface area contributed by atoms with Gasteiger partial charge in [-0.15, -0.1) is 0 Å². The van der Waals surface area contributed by atoms with E-state index in [9.17, 15) is 4.79 Å². The van der Waals surface area contributed by atoms with Crippen LogP contribution < -0.4 is 5.56 Å². The molecule has 0 aliphatic rings. The summed E-state index contributed by atoms with van der Waals surface area (Å²) in [5.74, 6) is 0. The Morgan fingerprint density at radius 2 is 2.31 bits per heavy atom. The fraction of sp³-hybridized carbons (Fsp3) is 0.111. The van der Waals surface area contributed by atoms with Crippen LogP contribution in [0, 0.1) is 6.92 Å². The summed E-state index contributed by atoms with van der Waals surface area (Å²) in [7, 11) is 0. The lowest BCUT2D eigenvalue weighted by atomic mass is 10.3. The summed E-state index contributed by atoms with van der Waals surface area (Å²) < 4.78 is 1.66. The van der Waals surface area contributed by atoms with Crippen molar-refractivity contribution in [3.63, 3.8) is 0 Å². The summed E-state index contributed by atoms with van der Waals surface area (Å²) in [6.45, 7) is 1.91. The second-order valence-electron chi connectivity index (χ2n) is 2.82. The minimum atomic E-state index is -0.102. The summed E-state index contributed by atoms with van der Waals surface area (Å²) in [5.41, 5.74) is 1.73. The zero-order valence-electron chi connectivity index (χ0n) is 7.19. The lowest BCUT2D eigenvalue weighted by molar-refractivity contribution is 0.859. The normalized spacial score (nSPS) is 10.2. The molecule has 4 nitrogen and oxygen atoms in total. The first-order chi connectivity index (χ1) is 6.25. The van der Waals surface area contributed by atoms with Gasteiger partial charge in [0.2, 0.25) is 0 Å². The van der Waals surface area contributed by atoms with Gasteiger partial charge in [0.1, 0.15) is 0 Å². The molecule has 0 aliphatic carbocycles. The van der Waals surface area contributed by atoms with E-state index in [0.717, 1.165) is 11.4 Å². The first-order valence-electron chi connectivity index (χ1n) is 3.96. The van der Waals surface area contributed by atoms with Crippen molar-refractivity contribution in [3.05, 3.63) is 46.6 Å². The molecule has 0 saturated carbocycles. The Labute approximate surface area is 74.8 Å². The SMILES string of the molecule is Cc1cc(-n2ccc(=O)[nH]2)ccn1. The monoisotopic (exact) mass is 175 g/mol. The Bertz CT molecular complexity index is 469. The Kier molecular flexibility index (Phi) is 1.73. The molecule has 0 amide bonds. The smallest absolute Gasteiger partial charge is 0.264 e. The molecule has 2 aromatic heterocycles. The van der Waals surface area contributed by atoms with Crippen LogP contribution in [0.3, 0.4) is 0 Å². The molecule has 0 unspecified atom stereocenters. The van der Waals surface area contributed by atoms with Crippen molar-refractivity contribution in [2.24, 2.45) is 0 Å². The first-order valence-corrected chi connectivity index (χ1v) is 3.96. The van der Waals surface area contributed by atoms with E-state index in [0.29, 0.717) is 0 Å². The van der Waals surface area contributed by atoms with Gasteiger partial charge in [-0.25, -0.2) is 0 Å². The van der Waals surface area contributed by atoms with Gasteiger partial charge in [0.05, 0.1) is 5.69 Å². The lowest BCUT2D eigenvalue weighted by Gasteiger charge is -2.01. The van der Waals surface area contributed by atoms with Crippen molar-refractivity contribution >= 4 is 0 Å². The van der Waals surface area contributed by atoms with E-state index in [2.05, 4.69) is 10.1 Å². The maximum atomic E-state index is 10.9. The average Bonchev–Trinajstić information content (AvgIpc) is 2.52. The molecule has 1 N–H and O–H groups in total. The number of aromatic nitrogens is 3. The predicted molar refractivity (Wildman–Crippen MR) is 48.9 cm³/mol. The quantitative estimate of drug-likeness (QED) is 0.699. The van der Waals surface area contributed by atoms with Gasteiger partial charge in [0, 0.05) is 24.2 Å². The van der Waals surface area contributed by atoms with Gasteiger partial charge in [-0.2, -0.15) is 0 Å². The highest BCUT2D eigenvalue weighted by molar-refractivity contribution is 5.30. The number of H-pyrrole nitrogens is 1. The van der Waals surface area contributed by atoms with Gasteiger partial charge in [-0.3, -0.25) is 19.6 Å². The third kappa shape index (κ3) is 1.51. The van der Waals surface area contributed by atoms with Crippen molar-refractivity contribution < 1.29 is 0 Å². The largest absolute Gasteiger partial charge is 0.268 e. The van der Waals surface area contributed by atoms with Crippen LogP contribution in [-0.4, -0.2) is 14.8 Å². The first kappa shape index (κ1) is 7.79. The van der Waals surface area contributed by atoms with E-state index in [4.69, 9.17) is 0 Å². The number of nitrogens with zero attached hydrogens (tertiary/aromatic N) is 2. The number of nitrogens with one attached hydrogen (secondary N) is 1. The van der Waals surface area contributed by atoms with Crippen molar-refractivity contribution in [3.8, 4) is 5.69 Å². The molecule has 2 rings (SSSR count). The number of hydrogen-bond acceptors (Lipinski definition) is 2. The van der Waals surface area contributed by atoms with Gasteiger partial charge < -0.3 is 0 Å². The van der Waals surface area contributed by atoms with Gasteiger partial charge in [-0.1, -0.05) is 0 Å². The van der Waals surface area contributed by atoms with E-state index >= 15 is 0 Å². The lowest BCUT2D eigenvalue weighted by Crippen LogP contribution is -2.03. The molecule has 0 atom stereocenters. The zero-order valence-corrected chi connectivity index (χ0v) is 7.19. The van der Waals surface area contributed by atoms with Crippen molar-refractivity contribution in [2.75, 3.05) is 0 Å². The number of pyridine rings is 1. The van der Waals surface area contributed by atoms with Crippen LogP contribution in [0.25, 0.3) is 5.69 Å². The highest BCUT2D eigenvalue weighted by Gasteiger charge is 1.96. The predicted octanol–water partition coefficient (Wildman–Crippen LogP) is 0.869. The van der Waals surface area contributed by atoms with E-state index in [-0.39, 0.29) is 5.56 Å². The van der Waals surface area contributed by atoms with Gasteiger partial charge in [0.15, 0.2) is 0 Å². The Balaban J connectivity index is 2.52. The third-order valence-corrected chi connectivity index (χ3v) is 1.76. The summed E-state index contributed by atoms with van der Waals surface area (Å²) in [6.07, 6.45) is 3.40. The van der Waals surface area contributed by atoms with Crippen LogP contribution in [-0.2, 0) is 0 Å². The molecule has 2 aromatic rings. The summed E-state index contributed by atoms with van der Waals surface area (Å²) in [4.78, 5) is 14.9. The highest BCUT2D eigenvalue weighted by atomic mass is 16.1. The molecule has 0 saturated heterocycles. The molecule has 0 spiro atoms. The van der Waals surface area contributed by atoms with E-state index < -0.39 is 0 Å². The molecule has 4 heteroatoms. The Hall–Kier alpha value is -1.84. The van der Waals surface area contributed by atoms with Crippen LogP contribution in [0.15, 0.2) is 35.4 Å². The Morgan fingerprint density at radius 3 is 2.92 bits per heavy atom. The molecule has 66 valence electrons. The van der Waals surface area contributed by atoms with Crippen molar-refractivity contribution in [2.45, 2.75) is 6.92 Å². The zero-order chi connectivity index (χ0) is 9.26. The molecule has 0 aliphatic heterocycles. The molecule has 0 radical (unpaired) electrons. The highest BCUT2D eigenvalue weighted by Crippen LogP contribution is 2.04. The fourth-order valence-corrected chi connectivity index (χ4v) is 1.17. The summed E-state index contributed by atoms with van der Waals surface area (Å²) in [6, 6.07) is 5.22. The molecule has 13 heavy (non-hydrogen) atoms. The topological polar surface area (TPSA) is 50.7 Å². The fourth-order valence-electron chi connectivity index (χ4n) is 1.17. The molecular weight excluding hydrogens is 166 g/mol. The van der Waals surface area contributed by atoms with Gasteiger partial charge >= 0.3 is 0 Å². The summed E-state index contributed by atoms with van der Waals surface area (Å²) in [5, 5.41) is 2.65. The van der Waals surface area contributed by atoms with Gasteiger partial charge in [0.25, 0.3) is 5.56 Å². The van der Waals surface area contributed by atoms with Crippen LogP contribution in [0.2, 0.25) is 0 Å². The van der Waals surface area contributed by atoms with E-state index in [1.54, 1.807) is 17.1 Å². The van der Waals surface area contributed by atoms with Crippen LogP contribution >= 0.6 is 0 Å². The van der Waals surface area contributed by atoms with Crippen LogP contribution in [0.5, 0.6) is 0 Å². The second kappa shape index (κ2) is 2.90. The molecule has 0 fully saturated rings. The number of hydrogen-bond donors (Lipinski definition) is 1. The van der Waals surface area contributed by atoms with Gasteiger partial charge in [-0.05, 0) is 19.1 Å². The third-order valence-electron chi connectivity index (χ3n) is 1.76. The molecule has 0 aromatic carbocycles. The molecule has 2 heterocycles. The maximum absolute atomic E-state index is 10.9. The van der Waals surface area contributed by atoms with Crippen LogP contribution in [0.4, 0.5) is 0 Å². The minimum absolute atomic E-state index is 0.102. The summed E-state index contributed by atoms with van der Waals surface area (Å²) >= 11 is 0. The average molecular weight is 175 g/mol. The van der Waals surface area contributed by atoms with Crippen molar-refractivity contribution in [1.82, 2.24) is 14.8 Å².